The van der Waals surface area contributed by atoms with Gasteiger partial charge in [0.1, 0.15) is 5.75 Å². The predicted octanol–water partition coefficient (Wildman–Crippen LogP) is 3.83. The Morgan fingerprint density at radius 2 is 2.22 bits per heavy atom. The summed E-state index contributed by atoms with van der Waals surface area (Å²) in [5.41, 5.74) is 2.82. The third kappa shape index (κ3) is 2.08. The second-order valence-corrected chi connectivity index (χ2v) is 6.94. The van der Waals surface area contributed by atoms with Gasteiger partial charge in [0, 0.05) is 28.3 Å². The Bertz CT molecular complexity index is 450. The Morgan fingerprint density at radius 3 is 2.94 bits per heavy atom. The van der Waals surface area contributed by atoms with Crippen LogP contribution < -0.4 is 4.74 Å². The zero-order chi connectivity index (χ0) is 12.8. The number of benzene rings is 1. The van der Waals surface area contributed by atoms with E-state index >= 15 is 0 Å². The van der Waals surface area contributed by atoms with Crippen LogP contribution in [-0.2, 0) is 10.2 Å². The molecule has 2 unspecified atom stereocenters. The van der Waals surface area contributed by atoms with Gasteiger partial charge in [0.15, 0.2) is 0 Å². The minimum Gasteiger partial charge on any atom is -0.492 e. The highest BCUT2D eigenvalue weighted by atomic mass is 79.9. The zero-order valence-corrected chi connectivity index (χ0v) is 12.5. The van der Waals surface area contributed by atoms with Crippen LogP contribution in [0.4, 0.5) is 0 Å². The SMILES string of the molecule is CC1(C)COc2ccc(C(Br)C3CCOC3)cc21. The normalized spacial score (nSPS) is 26.7. The molecule has 0 bridgehead atoms. The van der Waals surface area contributed by atoms with Crippen LogP contribution >= 0.6 is 15.9 Å². The van der Waals surface area contributed by atoms with E-state index in [2.05, 4.69) is 48.0 Å². The van der Waals surface area contributed by atoms with Gasteiger partial charge in [-0.1, -0.05) is 41.9 Å². The molecule has 2 aliphatic rings. The second-order valence-electron chi connectivity index (χ2n) is 5.95. The van der Waals surface area contributed by atoms with Gasteiger partial charge in [-0.25, -0.2) is 0 Å². The lowest BCUT2D eigenvalue weighted by atomic mass is 9.85. The van der Waals surface area contributed by atoms with Crippen molar-refractivity contribution in [2.75, 3.05) is 19.8 Å². The number of hydrogen-bond acceptors (Lipinski definition) is 2. The summed E-state index contributed by atoms with van der Waals surface area (Å²) in [6, 6.07) is 6.60. The maximum absolute atomic E-state index is 5.73. The molecule has 18 heavy (non-hydrogen) atoms. The van der Waals surface area contributed by atoms with Gasteiger partial charge in [0.2, 0.25) is 0 Å². The quantitative estimate of drug-likeness (QED) is 0.773. The van der Waals surface area contributed by atoms with Crippen molar-refractivity contribution in [3.05, 3.63) is 29.3 Å². The molecular weight excluding hydrogens is 292 g/mol. The van der Waals surface area contributed by atoms with Crippen LogP contribution in [0.1, 0.15) is 36.2 Å². The summed E-state index contributed by atoms with van der Waals surface area (Å²) >= 11 is 3.84. The monoisotopic (exact) mass is 310 g/mol. The van der Waals surface area contributed by atoms with Crippen molar-refractivity contribution < 1.29 is 9.47 Å². The Hall–Kier alpha value is -0.540. The molecule has 0 radical (unpaired) electrons. The van der Waals surface area contributed by atoms with Crippen molar-refractivity contribution in [2.45, 2.75) is 30.5 Å². The summed E-state index contributed by atoms with van der Waals surface area (Å²) in [5, 5.41) is 0. The van der Waals surface area contributed by atoms with Gasteiger partial charge in [-0.05, 0) is 18.1 Å². The van der Waals surface area contributed by atoms with E-state index in [0.29, 0.717) is 10.7 Å². The molecule has 1 aromatic carbocycles. The topological polar surface area (TPSA) is 18.5 Å². The highest BCUT2D eigenvalue weighted by Crippen LogP contribution is 2.43. The molecule has 0 aliphatic carbocycles. The molecule has 0 N–H and O–H groups in total. The maximum atomic E-state index is 5.73. The Labute approximate surface area is 117 Å². The fourth-order valence-electron chi connectivity index (χ4n) is 2.77. The van der Waals surface area contributed by atoms with Gasteiger partial charge >= 0.3 is 0 Å². The molecule has 3 heteroatoms. The molecule has 1 fully saturated rings. The van der Waals surface area contributed by atoms with Crippen LogP contribution in [0.2, 0.25) is 0 Å². The van der Waals surface area contributed by atoms with Gasteiger partial charge in [-0.3, -0.25) is 0 Å². The molecular formula is C15H19BrO2. The first kappa shape index (κ1) is 12.5. The molecule has 2 nitrogen and oxygen atoms in total. The Morgan fingerprint density at radius 1 is 1.39 bits per heavy atom. The van der Waals surface area contributed by atoms with Crippen molar-refractivity contribution in [1.29, 1.82) is 0 Å². The van der Waals surface area contributed by atoms with E-state index in [1.807, 2.05) is 0 Å². The number of halogens is 1. The molecule has 3 rings (SSSR count). The first-order valence-corrected chi connectivity index (χ1v) is 7.48. The number of fused-ring (bicyclic) bond motifs is 1. The van der Waals surface area contributed by atoms with E-state index in [1.54, 1.807) is 0 Å². The lowest BCUT2D eigenvalue weighted by Crippen LogP contribution is -2.18. The van der Waals surface area contributed by atoms with Gasteiger partial charge in [-0.2, -0.15) is 0 Å². The lowest BCUT2D eigenvalue weighted by molar-refractivity contribution is 0.185. The second kappa shape index (κ2) is 4.53. The van der Waals surface area contributed by atoms with Crippen molar-refractivity contribution >= 4 is 15.9 Å². The van der Waals surface area contributed by atoms with Gasteiger partial charge in [0.25, 0.3) is 0 Å². The summed E-state index contributed by atoms with van der Waals surface area (Å²) in [6.45, 7) is 7.03. The Balaban J connectivity index is 1.90. The highest BCUT2D eigenvalue weighted by Gasteiger charge is 2.33. The summed E-state index contributed by atoms with van der Waals surface area (Å²) in [7, 11) is 0. The van der Waals surface area contributed by atoms with E-state index in [0.717, 1.165) is 32.0 Å². The minimum atomic E-state index is 0.129. The fourth-order valence-corrected chi connectivity index (χ4v) is 3.47. The molecule has 1 saturated heterocycles. The molecule has 0 amide bonds. The molecule has 2 aliphatic heterocycles. The maximum Gasteiger partial charge on any atom is 0.123 e. The van der Waals surface area contributed by atoms with Crippen molar-refractivity contribution in [2.24, 2.45) is 5.92 Å². The Kier molecular flexibility index (Phi) is 3.15. The first-order chi connectivity index (χ1) is 8.58. The molecule has 0 aromatic heterocycles. The summed E-state index contributed by atoms with van der Waals surface area (Å²) < 4.78 is 11.2. The van der Waals surface area contributed by atoms with Crippen molar-refractivity contribution in [3.8, 4) is 5.75 Å². The summed E-state index contributed by atoms with van der Waals surface area (Å²) in [5.74, 6) is 1.64. The lowest BCUT2D eigenvalue weighted by Gasteiger charge is -2.20. The van der Waals surface area contributed by atoms with Gasteiger partial charge in [-0.15, -0.1) is 0 Å². The van der Waals surface area contributed by atoms with Crippen LogP contribution in [0.5, 0.6) is 5.75 Å². The largest absolute Gasteiger partial charge is 0.492 e. The number of ether oxygens (including phenoxy) is 2. The molecule has 98 valence electrons. The third-order valence-corrected chi connectivity index (χ3v) is 5.29. The fraction of sp³-hybridized carbons (Fsp3) is 0.600. The van der Waals surface area contributed by atoms with E-state index in [9.17, 15) is 0 Å². The smallest absolute Gasteiger partial charge is 0.123 e. The van der Waals surface area contributed by atoms with Crippen LogP contribution in [0.15, 0.2) is 18.2 Å². The molecule has 0 spiro atoms. The summed E-state index contributed by atoms with van der Waals surface area (Å²) in [6.07, 6.45) is 1.15. The van der Waals surface area contributed by atoms with Crippen LogP contribution in [0.25, 0.3) is 0 Å². The average molecular weight is 311 g/mol. The molecule has 2 heterocycles. The highest BCUT2D eigenvalue weighted by molar-refractivity contribution is 9.09. The number of alkyl halides is 1. The van der Waals surface area contributed by atoms with E-state index in [-0.39, 0.29) is 5.41 Å². The molecule has 1 aromatic rings. The van der Waals surface area contributed by atoms with Gasteiger partial charge < -0.3 is 9.47 Å². The van der Waals surface area contributed by atoms with Crippen LogP contribution in [0, 0.1) is 5.92 Å². The zero-order valence-electron chi connectivity index (χ0n) is 10.9. The van der Waals surface area contributed by atoms with Crippen molar-refractivity contribution in [3.63, 3.8) is 0 Å². The van der Waals surface area contributed by atoms with Crippen LogP contribution in [-0.4, -0.2) is 19.8 Å². The summed E-state index contributed by atoms with van der Waals surface area (Å²) in [4.78, 5) is 0.390. The molecule has 0 saturated carbocycles. The van der Waals surface area contributed by atoms with E-state index in [1.165, 1.54) is 11.1 Å². The number of hydrogen-bond donors (Lipinski definition) is 0. The standard InChI is InChI=1S/C15H19BrO2/c1-15(2)9-18-13-4-3-10(7-12(13)15)14(16)11-5-6-17-8-11/h3-4,7,11,14H,5-6,8-9H2,1-2H3. The number of rotatable bonds is 2. The average Bonchev–Trinajstić information content (AvgIpc) is 2.97. The van der Waals surface area contributed by atoms with E-state index < -0.39 is 0 Å². The van der Waals surface area contributed by atoms with Crippen molar-refractivity contribution in [1.82, 2.24) is 0 Å². The molecule has 2 atom stereocenters. The minimum absolute atomic E-state index is 0.129. The van der Waals surface area contributed by atoms with Gasteiger partial charge in [0.05, 0.1) is 13.2 Å². The van der Waals surface area contributed by atoms with Crippen LogP contribution in [0.3, 0.4) is 0 Å². The van der Waals surface area contributed by atoms with E-state index in [4.69, 9.17) is 9.47 Å². The first-order valence-electron chi connectivity index (χ1n) is 6.57. The predicted molar refractivity (Wildman–Crippen MR) is 75.6 cm³/mol. The third-order valence-electron chi connectivity index (χ3n) is 4.02.